The Bertz CT molecular complexity index is 1000. The molecule has 3 heterocycles. The number of carbonyl (C=O) groups excluding carboxylic acids is 1. The third-order valence-corrected chi connectivity index (χ3v) is 7.81. The number of ether oxygens (including phenoxy) is 5. The highest BCUT2D eigenvalue weighted by molar-refractivity contribution is 5.98. The van der Waals surface area contributed by atoms with Gasteiger partial charge in [-0.1, -0.05) is 81.4 Å². The van der Waals surface area contributed by atoms with Gasteiger partial charge in [-0.15, -0.1) is 0 Å². The second-order valence-electron chi connectivity index (χ2n) is 10.3. The van der Waals surface area contributed by atoms with Crippen LogP contribution in [-0.2, 0) is 23.7 Å². The van der Waals surface area contributed by atoms with Crippen LogP contribution in [0, 0.1) is 17.8 Å². The van der Waals surface area contributed by atoms with E-state index in [1.165, 1.54) is 0 Å². The van der Waals surface area contributed by atoms with Crippen molar-refractivity contribution in [2.24, 2.45) is 23.5 Å². The molecule has 2 aromatic carbocycles. The fourth-order valence-electron chi connectivity index (χ4n) is 5.74. The predicted molar refractivity (Wildman–Crippen MR) is 134 cm³/mol. The van der Waals surface area contributed by atoms with Crippen molar-refractivity contribution >= 4 is 5.78 Å². The van der Waals surface area contributed by atoms with Gasteiger partial charge in [0.25, 0.3) is 0 Å². The zero-order valence-electron chi connectivity index (χ0n) is 21.2. The Kier molecular flexibility index (Phi) is 7.86. The highest BCUT2D eigenvalue weighted by atomic mass is 16.7. The Morgan fingerprint density at radius 1 is 0.972 bits per heavy atom. The van der Waals surface area contributed by atoms with E-state index in [0.29, 0.717) is 18.8 Å². The van der Waals surface area contributed by atoms with E-state index in [4.69, 9.17) is 29.4 Å². The molecular weight excluding hydrogens is 458 g/mol. The van der Waals surface area contributed by atoms with Gasteiger partial charge in [0.05, 0.1) is 43.5 Å². The summed E-state index contributed by atoms with van der Waals surface area (Å²) in [6, 6.07) is 18.9. The van der Waals surface area contributed by atoms with Gasteiger partial charge in [0.15, 0.2) is 18.4 Å². The number of nitrogens with two attached hydrogens (primary N) is 1. The second-order valence-corrected chi connectivity index (χ2v) is 10.3. The van der Waals surface area contributed by atoms with Gasteiger partial charge in [-0.3, -0.25) is 4.79 Å². The van der Waals surface area contributed by atoms with E-state index in [0.717, 1.165) is 12.0 Å². The maximum absolute atomic E-state index is 13.9. The summed E-state index contributed by atoms with van der Waals surface area (Å²) >= 11 is 0. The Hall–Kier alpha value is -2.13. The predicted octanol–water partition coefficient (Wildman–Crippen LogP) is 4.12. The van der Waals surface area contributed by atoms with Crippen LogP contribution in [0.3, 0.4) is 0 Å². The molecule has 3 aliphatic rings. The van der Waals surface area contributed by atoms with Gasteiger partial charge in [-0.25, -0.2) is 0 Å². The zero-order chi connectivity index (χ0) is 25.2. The quantitative estimate of drug-likeness (QED) is 0.603. The number of fused-ring (bicyclic) bond motifs is 1. The molecule has 0 spiro atoms. The Morgan fingerprint density at radius 3 is 2.36 bits per heavy atom. The first-order chi connectivity index (χ1) is 17.5. The van der Waals surface area contributed by atoms with Crippen molar-refractivity contribution in [2.45, 2.75) is 70.2 Å². The highest BCUT2D eigenvalue weighted by Crippen LogP contribution is 2.42. The number of ketones is 1. The maximum Gasteiger partial charge on any atom is 0.184 e. The summed E-state index contributed by atoms with van der Waals surface area (Å²) in [5.41, 5.74) is 8.16. The summed E-state index contributed by atoms with van der Waals surface area (Å²) in [5, 5.41) is 0. The van der Waals surface area contributed by atoms with E-state index < -0.39 is 18.5 Å². The molecule has 194 valence electrons. The first-order valence-corrected chi connectivity index (χ1v) is 13.1. The summed E-state index contributed by atoms with van der Waals surface area (Å²) in [6.45, 7) is 7.10. The molecule has 2 aromatic rings. The number of hydrogen-bond acceptors (Lipinski definition) is 7. The van der Waals surface area contributed by atoms with Crippen LogP contribution in [0.1, 0.15) is 49.4 Å². The Labute approximate surface area is 213 Å². The molecule has 5 unspecified atom stereocenters. The van der Waals surface area contributed by atoms with Crippen LogP contribution in [0.25, 0.3) is 0 Å². The van der Waals surface area contributed by atoms with Gasteiger partial charge in [0.2, 0.25) is 0 Å². The van der Waals surface area contributed by atoms with Crippen molar-refractivity contribution in [3.63, 3.8) is 0 Å². The molecule has 3 fully saturated rings. The van der Waals surface area contributed by atoms with E-state index in [1.54, 1.807) is 0 Å². The molecule has 0 amide bonds. The molecule has 0 saturated carbocycles. The van der Waals surface area contributed by atoms with Crippen LogP contribution in [0.15, 0.2) is 60.7 Å². The highest BCUT2D eigenvalue weighted by Gasteiger charge is 2.52. The van der Waals surface area contributed by atoms with Gasteiger partial charge in [0.1, 0.15) is 6.10 Å². The lowest BCUT2D eigenvalue weighted by Gasteiger charge is -2.50. The third kappa shape index (κ3) is 5.01. The molecular formula is C29H37NO6. The normalized spacial score (nSPS) is 38.8. The van der Waals surface area contributed by atoms with Gasteiger partial charge in [0, 0.05) is 23.0 Å². The molecule has 3 saturated heterocycles. The summed E-state index contributed by atoms with van der Waals surface area (Å²) in [6.07, 6.45) is -1.50. The van der Waals surface area contributed by atoms with Crippen LogP contribution in [-0.4, -0.2) is 55.7 Å². The molecule has 7 nitrogen and oxygen atoms in total. The zero-order valence-corrected chi connectivity index (χ0v) is 21.2. The lowest BCUT2D eigenvalue weighted by Crippen LogP contribution is -2.61. The molecule has 7 heteroatoms. The maximum atomic E-state index is 13.9. The van der Waals surface area contributed by atoms with Crippen molar-refractivity contribution < 1.29 is 28.5 Å². The smallest absolute Gasteiger partial charge is 0.184 e. The van der Waals surface area contributed by atoms with E-state index in [-0.39, 0.29) is 48.1 Å². The second kappa shape index (κ2) is 11.1. The first kappa shape index (κ1) is 25.5. The molecule has 5 rings (SSSR count). The molecule has 0 aromatic heterocycles. The summed E-state index contributed by atoms with van der Waals surface area (Å²) < 4.78 is 31.5. The lowest BCUT2D eigenvalue weighted by molar-refractivity contribution is -0.348. The largest absolute Gasteiger partial charge is 0.376 e. The summed E-state index contributed by atoms with van der Waals surface area (Å²) in [4.78, 5) is 13.9. The lowest BCUT2D eigenvalue weighted by atomic mass is 9.78. The van der Waals surface area contributed by atoms with Crippen LogP contribution in [0.4, 0.5) is 0 Å². The number of Topliss-reactive ketones (excluding diaryl/α,β-unsaturated/α-hetero) is 1. The van der Waals surface area contributed by atoms with Crippen molar-refractivity contribution in [2.75, 3.05) is 13.2 Å². The average Bonchev–Trinajstić information content (AvgIpc) is 2.92. The average molecular weight is 496 g/mol. The molecule has 10 atom stereocenters. The standard InChI is InChI=1S/C29H37NO6/c1-4-21-24(30)26(17(2)15-32-21)35-29-23(25(31)19-11-7-5-8-12-19)18(3)27-22(34-29)16-33-28(36-27)20-13-9-6-10-14-20/h5-14,17-18,21-24,26-29H,4,15-16,30H2,1-3H3/t17?,18-,21?,22?,23?,24+,26-,27-,28?,29-/m1/s1. The minimum Gasteiger partial charge on any atom is -0.376 e. The van der Waals surface area contributed by atoms with E-state index in [2.05, 4.69) is 20.8 Å². The van der Waals surface area contributed by atoms with Crippen molar-refractivity contribution in [3.8, 4) is 0 Å². The molecule has 36 heavy (non-hydrogen) atoms. The van der Waals surface area contributed by atoms with Gasteiger partial charge in [-0.2, -0.15) is 0 Å². The Balaban J connectivity index is 1.42. The molecule has 3 aliphatic heterocycles. The molecule has 0 aliphatic carbocycles. The van der Waals surface area contributed by atoms with Crippen molar-refractivity contribution in [3.05, 3.63) is 71.8 Å². The minimum absolute atomic E-state index is 0.0155. The number of rotatable bonds is 6. The van der Waals surface area contributed by atoms with Gasteiger partial charge < -0.3 is 29.4 Å². The van der Waals surface area contributed by atoms with Gasteiger partial charge in [-0.05, 0) is 6.42 Å². The fourth-order valence-corrected chi connectivity index (χ4v) is 5.74. The van der Waals surface area contributed by atoms with Crippen LogP contribution >= 0.6 is 0 Å². The van der Waals surface area contributed by atoms with Crippen LogP contribution in [0.2, 0.25) is 0 Å². The van der Waals surface area contributed by atoms with Crippen LogP contribution < -0.4 is 5.73 Å². The molecule has 0 radical (unpaired) electrons. The van der Waals surface area contributed by atoms with Crippen molar-refractivity contribution in [1.29, 1.82) is 0 Å². The number of carbonyl (C=O) groups is 1. The van der Waals surface area contributed by atoms with Crippen LogP contribution in [0.5, 0.6) is 0 Å². The fraction of sp³-hybridized carbons (Fsp3) is 0.552. The van der Waals surface area contributed by atoms with Crippen molar-refractivity contribution in [1.82, 2.24) is 0 Å². The summed E-state index contributed by atoms with van der Waals surface area (Å²) in [5.74, 6) is -0.651. The molecule has 0 bridgehead atoms. The van der Waals surface area contributed by atoms with E-state index >= 15 is 0 Å². The monoisotopic (exact) mass is 495 g/mol. The minimum atomic E-state index is -0.761. The van der Waals surface area contributed by atoms with E-state index in [9.17, 15) is 4.79 Å². The number of hydrogen-bond donors (Lipinski definition) is 1. The third-order valence-electron chi connectivity index (χ3n) is 7.81. The van der Waals surface area contributed by atoms with Gasteiger partial charge >= 0.3 is 0 Å². The first-order valence-electron chi connectivity index (χ1n) is 13.1. The molecule has 2 N–H and O–H groups in total. The number of benzene rings is 2. The summed E-state index contributed by atoms with van der Waals surface area (Å²) in [7, 11) is 0. The Morgan fingerprint density at radius 2 is 1.67 bits per heavy atom. The SMILES string of the molecule is CCC1OCC(C)[C@@H](O[C@H]2OC3COC(c4ccccc4)O[C@@H]3[C@H](C)C2C(=O)c2ccccc2)[C@H]1N. The topological polar surface area (TPSA) is 89.2 Å². The van der Waals surface area contributed by atoms with E-state index in [1.807, 2.05) is 60.7 Å².